The van der Waals surface area contributed by atoms with Crippen LogP contribution in [0.5, 0.6) is 0 Å². The van der Waals surface area contributed by atoms with Crippen molar-refractivity contribution in [2.75, 3.05) is 12.4 Å². The van der Waals surface area contributed by atoms with Crippen LogP contribution in [-0.4, -0.2) is 39.7 Å². The normalized spacial score (nSPS) is 14.1. The molecule has 0 aromatic carbocycles. The molecule has 0 radical (unpaired) electrons. The fraction of sp³-hybridized carbons (Fsp3) is 0.455. The average molecular weight is 339 g/mol. The Kier molecular flexibility index (Phi) is 6.01. The minimum Gasteiger partial charge on any atom is -0.465 e. The zero-order valence-electron chi connectivity index (χ0n) is 9.64. The predicted molar refractivity (Wildman–Crippen MR) is 70.0 cm³/mol. The lowest BCUT2D eigenvalue weighted by Crippen LogP contribution is -2.20. The number of hydrogen-bond donors (Lipinski definition) is 2. The van der Waals surface area contributed by atoms with E-state index in [1.807, 2.05) is 0 Å². The highest BCUT2D eigenvalue weighted by Crippen LogP contribution is 2.26. The van der Waals surface area contributed by atoms with Crippen LogP contribution in [0.4, 0.5) is 0 Å². The number of aromatic nitrogens is 1. The Bertz CT molecular complexity index is 430. The lowest BCUT2D eigenvalue weighted by atomic mass is 10.0. The second-order valence-electron chi connectivity index (χ2n) is 3.59. The van der Waals surface area contributed by atoms with E-state index in [2.05, 4.69) is 25.7 Å². The van der Waals surface area contributed by atoms with Crippen LogP contribution < -0.4 is 0 Å². The van der Waals surface area contributed by atoms with E-state index in [-0.39, 0.29) is 16.3 Å². The Labute approximate surface area is 118 Å². The summed E-state index contributed by atoms with van der Waals surface area (Å²) in [7, 11) is 1.24. The summed E-state index contributed by atoms with van der Waals surface area (Å²) in [6.45, 7) is 0. The minimum atomic E-state index is -1.20. The van der Waals surface area contributed by atoms with E-state index in [1.165, 1.54) is 19.4 Å². The number of pyridine rings is 1. The summed E-state index contributed by atoms with van der Waals surface area (Å²) in [4.78, 5) is 15.1. The van der Waals surface area contributed by atoms with Crippen LogP contribution in [0.1, 0.15) is 28.4 Å². The first-order valence-electron chi connectivity index (χ1n) is 5.17. The lowest BCUT2D eigenvalue weighted by molar-refractivity contribution is 0.0171. The van der Waals surface area contributed by atoms with Crippen molar-refractivity contribution in [2.45, 2.75) is 18.6 Å². The summed E-state index contributed by atoms with van der Waals surface area (Å²) < 4.78 is 4.55. The molecule has 5 nitrogen and oxygen atoms in total. The van der Waals surface area contributed by atoms with Gasteiger partial charge in [-0.2, -0.15) is 0 Å². The van der Waals surface area contributed by atoms with Crippen molar-refractivity contribution in [3.8, 4) is 0 Å². The monoisotopic (exact) mass is 337 g/mol. The number of esters is 1. The molecule has 0 aliphatic carbocycles. The Morgan fingerprint density at radius 1 is 1.61 bits per heavy atom. The molecular formula is C11H13BrClNO4. The second-order valence-corrected chi connectivity index (χ2v) is 4.74. The Morgan fingerprint density at radius 2 is 2.28 bits per heavy atom. The van der Waals surface area contributed by atoms with Crippen molar-refractivity contribution in [3.63, 3.8) is 0 Å². The van der Waals surface area contributed by atoms with Crippen LogP contribution in [0.2, 0.25) is 5.15 Å². The number of halogens is 2. The maximum atomic E-state index is 11.3. The molecule has 1 rings (SSSR count). The molecule has 0 saturated heterocycles. The summed E-state index contributed by atoms with van der Waals surface area (Å²) in [6, 6.07) is 1.36. The van der Waals surface area contributed by atoms with Gasteiger partial charge in [0.2, 0.25) is 0 Å². The third-order valence-corrected chi connectivity index (χ3v) is 3.15. The number of hydrogen-bond acceptors (Lipinski definition) is 5. The summed E-state index contributed by atoms with van der Waals surface area (Å²) in [5.41, 5.74) is 0.370. The molecule has 1 heterocycles. The number of nitrogens with zero attached hydrogens (tertiary/aromatic N) is 1. The van der Waals surface area contributed by atoms with Crippen molar-refractivity contribution in [1.29, 1.82) is 0 Å². The molecule has 2 unspecified atom stereocenters. The van der Waals surface area contributed by atoms with Gasteiger partial charge >= 0.3 is 5.97 Å². The van der Waals surface area contributed by atoms with Crippen molar-refractivity contribution in [1.82, 2.24) is 4.98 Å². The zero-order chi connectivity index (χ0) is 13.7. The van der Waals surface area contributed by atoms with E-state index < -0.39 is 18.2 Å². The molecule has 0 fully saturated rings. The molecule has 0 aliphatic heterocycles. The summed E-state index contributed by atoms with van der Waals surface area (Å²) >= 11 is 9.00. The van der Waals surface area contributed by atoms with Crippen LogP contribution in [0.3, 0.4) is 0 Å². The number of carbonyl (C=O) groups excluding carboxylic acids is 1. The topological polar surface area (TPSA) is 79.7 Å². The molecule has 7 heteroatoms. The van der Waals surface area contributed by atoms with Gasteiger partial charge in [-0.25, -0.2) is 9.78 Å². The Hall–Kier alpha value is -0.690. The van der Waals surface area contributed by atoms with Gasteiger partial charge in [0, 0.05) is 17.1 Å². The first-order valence-corrected chi connectivity index (χ1v) is 6.67. The van der Waals surface area contributed by atoms with Crippen molar-refractivity contribution in [3.05, 3.63) is 28.5 Å². The summed E-state index contributed by atoms with van der Waals surface area (Å²) in [6.07, 6.45) is -0.593. The van der Waals surface area contributed by atoms with Crippen LogP contribution in [0.25, 0.3) is 0 Å². The van der Waals surface area contributed by atoms with Gasteiger partial charge in [-0.15, -0.1) is 0 Å². The Balaban J connectivity index is 3.03. The van der Waals surface area contributed by atoms with Crippen LogP contribution >= 0.6 is 27.5 Å². The highest BCUT2D eigenvalue weighted by Gasteiger charge is 2.22. The first kappa shape index (κ1) is 15.4. The molecule has 0 amide bonds. The highest BCUT2D eigenvalue weighted by molar-refractivity contribution is 9.09. The molecular weight excluding hydrogens is 325 g/mol. The van der Waals surface area contributed by atoms with Gasteiger partial charge in [0.05, 0.1) is 18.8 Å². The van der Waals surface area contributed by atoms with Crippen LogP contribution in [0, 0.1) is 0 Å². The fourth-order valence-electron chi connectivity index (χ4n) is 1.38. The molecule has 1 aromatic rings. The molecule has 0 bridgehead atoms. The second kappa shape index (κ2) is 7.04. The van der Waals surface area contributed by atoms with E-state index in [0.29, 0.717) is 11.8 Å². The van der Waals surface area contributed by atoms with E-state index in [9.17, 15) is 15.0 Å². The average Bonchev–Trinajstić information content (AvgIpc) is 2.37. The molecule has 0 aliphatic rings. The number of aliphatic hydroxyl groups is 2. The van der Waals surface area contributed by atoms with Gasteiger partial charge in [0.15, 0.2) is 0 Å². The number of alkyl halides is 1. The van der Waals surface area contributed by atoms with Gasteiger partial charge in [0.1, 0.15) is 11.3 Å². The molecule has 0 saturated carbocycles. The van der Waals surface area contributed by atoms with Gasteiger partial charge in [0.25, 0.3) is 0 Å². The summed E-state index contributed by atoms with van der Waals surface area (Å²) in [5.74, 6) is -0.581. The van der Waals surface area contributed by atoms with E-state index in [1.54, 1.807) is 0 Å². The summed E-state index contributed by atoms with van der Waals surface area (Å²) in [5, 5.41) is 20.2. The largest absolute Gasteiger partial charge is 0.465 e. The molecule has 2 N–H and O–H groups in total. The van der Waals surface area contributed by atoms with Gasteiger partial charge in [-0.1, -0.05) is 27.5 Å². The van der Waals surface area contributed by atoms with Crippen molar-refractivity contribution < 1.29 is 19.7 Å². The lowest BCUT2D eigenvalue weighted by Gasteiger charge is -2.18. The zero-order valence-corrected chi connectivity index (χ0v) is 12.0. The van der Waals surface area contributed by atoms with Gasteiger partial charge < -0.3 is 14.9 Å². The molecule has 0 spiro atoms. The van der Waals surface area contributed by atoms with Gasteiger partial charge in [-0.05, 0) is 12.5 Å². The third-order valence-electron chi connectivity index (χ3n) is 2.38. The number of ether oxygens (including phenoxy) is 1. The van der Waals surface area contributed by atoms with E-state index >= 15 is 0 Å². The number of aliphatic hydroxyl groups excluding tert-OH is 2. The number of carbonyl (C=O) groups is 1. The third kappa shape index (κ3) is 3.65. The maximum absolute atomic E-state index is 11.3. The maximum Gasteiger partial charge on any atom is 0.339 e. The quantitative estimate of drug-likeness (QED) is 0.485. The molecule has 100 valence electrons. The van der Waals surface area contributed by atoms with Crippen LogP contribution in [0.15, 0.2) is 12.3 Å². The van der Waals surface area contributed by atoms with Crippen molar-refractivity contribution in [2.24, 2.45) is 0 Å². The smallest absolute Gasteiger partial charge is 0.339 e. The highest BCUT2D eigenvalue weighted by atomic mass is 79.9. The van der Waals surface area contributed by atoms with E-state index in [4.69, 9.17) is 11.6 Å². The number of methoxy groups -OCH3 is 1. The molecule has 1 aromatic heterocycles. The first-order chi connectivity index (χ1) is 8.51. The van der Waals surface area contributed by atoms with Crippen LogP contribution in [-0.2, 0) is 4.74 Å². The SMILES string of the molecule is COC(=O)c1cnc(Cl)c(C(O)C(O)CCBr)c1. The van der Waals surface area contributed by atoms with E-state index in [0.717, 1.165) is 0 Å². The Morgan fingerprint density at radius 3 is 2.83 bits per heavy atom. The predicted octanol–water partition coefficient (Wildman–Crippen LogP) is 1.70. The fourth-order valence-corrected chi connectivity index (χ4v) is 2.06. The molecule has 18 heavy (non-hydrogen) atoms. The van der Waals surface area contributed by atoms with Gasteiger partial charge in [-0.3, -0.25) is 0 Å². The molecule has 2 atom stereocenters. The number of rotatable bonds is 5. The standard InChI is InChI=1S/C11H13BrClNO4/c1-18-11(17)6-4-7(10(13)14-5-6)9(16)8(15)2-3-12/h4-5,8-9,15-16H,2-3H2,1H3. The minimum absolute atomic E-state index is 0.0452. The van der Waals surface area contributed by atoms with Crippen molar-refractivity contribution >= 4 is 33.5 Å².